The van der Waals surface area contributed by atoms with E-state index in [1.54, 1.807) is 6.92 Å². The number of benzene rings is 3. The quantitative estimate of drug-likeness (QED) is 0.495. The van der Waals surface area contributed by atoms with Crippen LogP contribution in [0.2, 0.25) is 0 Å². The van der Waals surface area contributed by atoms with Gasteiger partial charge in [0.15, 0.2) is 5.82 Å². The third kappa shape index (κ3) is 4.72. The summed E-state index contributed by atoms with van der Waals surface area (Å²) in [5.74, 6) is 0.653. The monoisotopic (exact) mass is 400 g/mol. The summed E-state index contributed by atoms with van der Waals surface area (Å²) in [5, 5.41) is 9.14. The summed E-state index contributed by atoms with van der Waals surface area (Å²) in [7, 11) is 0. The van der Waals surface area contributed by atoms with Crippen LogP contribution >= 0.6 is 0 Å². The van der Waals surface area contributed by atoms with E-state index in [0.29, 0.717) is 24.6 Å². The topological polar surface area (TPSA) is 94.0 Å². The predicted molar refractivity (Wildman–Crippen MR) is 116 cm³/mol. The van der Waals surface area contributed by atoms with Gasteiger partial charge in [-0.2, -0.15) is 4.98 Å². The third-order valence-corrected chi connectivity index (χ3v) is 5.05. The van der Waals surface area contributed by atoms with Crippen LogP contribution in [0.3, 0.4) is 0 Å². The molecule has 0 saturated carbocycles. The molecule has 1 unspecified atom stereocenters. The average Bonchev–Trinajstić information content (AvgIpc) is 3.20. The molecule has 4 rings (SSSR count). The molecule has 0 spiro atoms. The Morgan fingerprint density at radius 3 is 2.43 bits per heavy atom. The van der Waals surface area contributed by atoms with E-state index in [1.165, 1.54) is 0 Å². The molecular weight excluding hydrogens is 376 g/mol. The Balaban J connectivity index is 1.47. The Bertz CT molecular complexity index is 1140. The van der Waals surface area contributed by atoms with Gasteiger partial charge in [-0.25, -0.2) is 0 Å². The summed E-state index contributed by atoms with van der Waals surface area (Å²) < 4.78 is 5.33. The molecule has 30 heavy (non-hydrogen) atoms. The molecule has 6 heteroatoms. The van der Waals surface area contributed by atoms with Crippen LogP contribution in [0.4, 0.5) is 0 Å². The lowest BCUT2D eigenvalue weighted by Crippen LogP contribution is -2.44. The Kier molecular flexibility index (Phi) is 5.86. The molecule has 1 heterocycles. The van der Waals surface area contributed by atoms with Gasteiger partial charge in [0.05, 0.1) is 6.04 Å². The van der Waals surface area contributed by atoms with E-state index in [2.05, 4.69) is 39.7 Å². The van der Waals surface area contributed by atoms with E-state index in [-0.39, 0.29) is 5.91 Å². The van der Waals surface area contributed by atoms with Crippen LogP contribution in [0.1, 0.15) is 28.9 Å². The van der Waals surface area contributed by atoms with E-state index in [1.807, 2.05) is 48.5 Å². The maximum absolute atomic E-state index is 12.9. The molecule has 0 aliphatic heterocycles. The molecule has 0 bridgehead atoms. The zero-order valence-corrected chi connectivity index (χ0v) is 16.8. The van der Waals surface area contributed by atoms with Gasteiger partial charge < -0.3 is 15.6 Å². The lowest BCUT2D eigenvalue weighted by atomic mass is 10.0. The lowest BCUT2D eigenvalue weighted by molar-refractivity contribution is -0.123. The first-order chi connectivity index (χ1) is 14.6. The number of fused-ring (bicyclic) bond motifs is 1. The Hall–Kier alpha value is -3.51. The molecular formula is C24H24N4O2. The van der Waals surface area contributed by atoms with Crippen molar-refractivity contribution in [2.75, 3.05) is 0 Å². The van der Waals surface area contributed by atoms with E-state index in [9.17, 15) is 4.79 Å². The van der Waals surface area contributed by atoms with Gasteiger partial charge in [0, 0.05) is 6.42 Å². The number of hydrogen-bond donors (Lipinski definition) is 2. The average molecular weight is 400 g/mol. The van der Waals surface area contributed by atoms with Crippen LogP contribution in [-0.2, 0) is 17.6 Å². The Morgan fingerprint density at radius 1 is 0.967 bits per heavy atom. The number of nitrogens with two attached hydrogens (primary N) is 1. The van der Waals surface area contributed by atoms with E-state index in [4.69, 9.17) is 10.3 Å². The maximum atomic E-state index is 12.9. The predicted octanol–water partition coefficient (Wildman–Crippen LogP) is 3.50. The number of rotatable bonds is 7. The van der Waals surface area contributed by atoms with E-state index < -0.39 is 12.1 Å². The highest BCUT2D eigenvalue weighted by molar-refractivity contribution is 5.84. The molecule has 0 fully saturated rings. The van der Waals surface area contributed by atoms with Crippen LogP contribution in [-0.4, -0.2) is 22.1 Å². The minimum Gasteiger partial charge on any atom is -0.343 e. The minimum absolute atomic E-state index is 0.250. The molecule has 0 radical (unpaired) electrons. The molecule has 1 amide bonds. The summed E-state index contributed by atoms with van der Waals surface area (Å²) in [6, 6.07) is 23.0. The zero-order valence-electron chi connectivity index (χ0n) is 16.8. The highest BCUT2D eigenvalue weighted by Gasteiger charge is 2.24. The molecule has 0 saturated heterocycles. The van der Waals surface area contributed by atoms with Crippen LogP contribution in [0, 0.1) is 6.92 Å². The van der Waals surface area contributed by atoms with Gasteiger partial charge in [-0.3, -0.25) is 4.79 Å². The van der Waals surface area contributed by atoms with Crippen molar-refractivity contribution in [1.29, 1.82) is 0 Å². The van der Waals surface area contributed by atoms with Crippen molar-refractivity contribution in [2.24, 2.45) is 5.73 Å². The van der Waals surface area contributed by atoms with E-state index >= 15 is 0 Å². The number of amides is 1. The zero-order chi connectivity index (χ0) is 20.9. The fourth-order valence-corrected chi connectivity index (χ4v) is 3.50. The number of carbonyl (C=O) groups is 1. The first-order valence-corrected chi connectivity index (χ1v) is 9.96. The van der Waals surface area contributed by atoms with Crippen molar-refractivity contribution in [1.82, 2.24) is 15.5 Å². The molecule has 6 nitrogen and oxygen atoms in total. The normalized spacial score (nSPS) is 13.1. The molecule has 0 aliphatic rings. The first-order valence-electron chi connectivity index (χ1n) is 9.96. The summed E-state index contributed by atoms with van der Waals surface area (Å²) in [6.07, 6.45) is 0.981. The molecule has 1 aromatic heterocycles. The van der Waals surface area contributed by atoms with E-state index in [0.717, 1.165) is 21.9 Å². The number of carbonyl (C=O) groups excluding carboxylic acids is 1. The largest absolute Gasteiger partial charge is 0.343 e. The summed E-state index contributed by atoms with van der Waals surface area (Å²) in [4.78, 5) is 17.2. The van der Waals surface area contributed by atoms with Crippen LogP contribution in [0.5, 0.6) is 0 Å². The van der Waals surface area contributed by atoms with Gasteiger partial charge in [0.25, 0.3) is 0 Å². The van der Waals surface area contributed by atoms with Gasteiger partial charge in [-0.15, -0.1) is 0 Å². The SMILES string of the molecule is Cc1noc([C@@H](Cc2ccccc2)NC(=O)C(N)Cc2ccc3ccccc3c2)n1. The van der Waals surface area contributed by atoms with Gasteiger partial charge in [0.1, 0.15) is 6.04 Å². The highest BCUT2D eigenvalue weighted by Crippen LogP contribution is 2.19. The third-order valence-electron chi connectivity index (χ3n) is 5.05. The second-order valence-corrected chi connectivity index (χ2v) is 7.42. The Labute approximate surface area is 175 Å². The summed E-state index contributed by atoms with van der Waals surface area (Å²) in [5.41, 5.74) is 8.31. The minimum atomic E-state index is -0.687. The molecule has 2 atom stereocenters. The lowest BCUT2D eigenvalue weighted by Gasteiger charge is -2.18. The van der Waals surface area contributed by atoms with Crippen molar-refractivity contribution in [2.45, 2.75) is 31.8 Å². The summed E-state index contributed by atoms with van der Waals surface area (Å²) in [6.45, 7) is 1.75. The number of aromatic nitrogens is 2. The van der Waals surface area contributed by atoms with Gasteiger partial charge >= 0.3 is 0 Å². The fraction of sp³-hybridized carbons (Fsp3) is 0.208. The van der Waals surface area contributed by atoms with Crippen LogP contribution in [0.25, 0.3) is 10.8 Å². The van der Waals surface area contributed by atoms with Gasteiger partial charge in [0.2, 0.25) is 11.8 Å². The van der Waals surface area contributed by atoms with Crippen molar-refractivity contribution in [3.8, 4) is 0 Å². The van der Waals surface area contributed by atoms with Crippen LogP contribution < -0.4 is 11.1 Å². The molecule has 3 aromatic carbocycles. The summed E-state index contributed by atoms with van der Waals surface area (Å²) >= 11 is 0. The second-order valence-electron chi connectivity index (χ2n) is 7.42. The number of nitrogens with one attached hydrogen (secondary N) is 1. The standard InChI is InChI=1S/C24H24N4O2/c1-16-26-24(30-28-16)22(15-17-7-3-2-4-8-17)27-23(29)21(25)14-18-11-12-19-9-5-6-10-20(19)13-18/h2-13,21-22H,14-15,25H2,1H3,(H,27,29)/t21?,22-/m1/s1. The van der Waals surface area contributed by atoms with Crippen molar-refractivity contribution in [3.63, 3.8) is 0 Å². The van der Waals surface area contributed by atoms with Gasteiger partial charge in [-0.05, 0) is 35.2 Å². The second kappa shape index (κ2) is 8.88. The number of nitrogens with zero attached hydrogens (tertiary/aromatic N) is 2. The highest BCUT2D eigenvalue weighted by atomic mass is 16.5. The van der Waals surface area contributed by atoms with Crippen LogP contribution in [0.15, 0.2) is 77.3 Å². The Morgan fingerprint density at radius 2 is 1.70 bits per heavy atom. The maximum Gasteiger partial charge on any atom is 0.249 e. The number of hydrogen-bond acceptors (Lipinski definition) is 5. The fourth-order valence-electron chi connectivity index (χ4n) is 3.50. The van der Waals surface area contributed by atoms with Crippen molar-refractivity contribution in [3.05, 3.63) is 95.6 Å². The van der Waals surface area contributed by atoms with Crippen molar-refractivity contribution >= 4 is 16.7 Å². The van der Waals surface area contributed by atoms with Gasteiger partial charge in [-0.1, -0.05) is 78.0 Å². The smallest absolute Gasteiger partial charge is 0.249 e. The first kappa shape index (κ1) is 19.8. The van der Waals surface area contributed by atoms with Crippen molar-refractivity contribution < 1.29 is 9.32 Å². The number of aryl methyl sites for hydroxylation is 1. The molecule has 4 aromatic rings. The molecule has 3 N–H and O–H groups in total. The molecule has 0 aliphatic carbocycles. The molecule has 152 valence electrons.